The van der Waals surface area contributed by atoms with Crippen molar-refractivity contribution >= 4 is 23.2 Å². The highest BCUT2D eigenvalue weighted by Crippen LogP contribution is 2.20. The minimum absolute atomic E-state index is 0.130. The Morgan fingerprint density at radius 3 is 2.76 bits per heavy atom. The maximum atomic E-state index is 11.9. The molecule has 0 aliphatic carbocycles. The van der Waals surface area contributed by atoms with Crippen LogP contribution in [0.4, 0.5) is 18.9 Å². The molecule has 4 nitrogen and oxygen atoms in total. The quantitative estimate of drug-likeness (QED) is 0.836. The van der Waals surface area contributed by atoms with Crippen LogP contribution >= 0.6 is 11.6 Å². The topological polar surface area (TPSA) is 64.3 Å². The first-order chi connectivity index (χ1) is 9.81. The summed E-state index contributed by atoms with van der Waals surface area (Å²) in [6.07, 6.45) is -4.48. The van der Waals surface area contributed by atoms with Gasteiger partial charge in [-0.25, -0.2) is 0 Å². The second-order valence-corrected chi connectivity index (χ2v) is 4.29. The first kappa shape index (κ1) is 17.3. The SMILES string of the molecule is NCC#Cc1ccc(Cl)cc1NC(=O)COCC(F)(F)F. The molecule has 0 aromatic heterocycles. The molecule has 0 aliphatic heterocycles. The van der Waals surface area contributed by atoms with Crippen molar-refractivity contribution in [2.24, 2.45) is 5.73 Å². The number of alkyl halides is 3. The lowest BCUT2D eigenvalue weighted by atomic mass is 10.2. The maximum Gasteiger partial charge on any atom is 0.411 e. The van der Waals surface area contributed by atoms with Crippen LogP contribution in [0, 0.1) is 11.8 Å². The zero-order chi connectivity index (χ0) is 15.9. The van der Waals surface area contributed by atoms with Gasteiger partial charge in [-0.1, -0.05) is 23.4 Å². The standard InChI is InChI=1S/C13H12ClF3N2O2/c14-10-4-3-9(2-1-5-18)11(6-10)19-12(20)7-21-8-13(15,16)17/h3-4,6H,5,7-8,18H2,(H,19,20). The van der Waals surface area contributed by atoms with Crippen molar-refractivity contribution in [1.29, 1.82) is 0 Å². The van der Waals surface area contributed by atoms with Gasteiger partial charge in [-0.3, -0.25) is 4.79 Å². The van der Waals surface area contributed by atoms with Crippen molar-refractivity contribution in [2.45, 2.75) is 6.18 Å². The summed E-state index contributed by atoms with van der Waals surface area (Å²) in [6.45, 7) is -2.09. The molecule has 1 amide bonds. The largest absolute Gasteiger partial charge is 0.411 e. The Labute approximate surface area is 124 Å². The van der Waals surface area contributed by atoms with Crippen molar-refractivity contribution in [1.82, 2.24) is 0 Å². The van der Waals surface area contributed by atoms with Crippen LogP contribution in [0.3, 0.4) is 0 Å². The van der Waals surface area contributed by atoms with Gasteiger partial charge in [0.25, 0.3) is 0 Å². The van der Waals surface area contributed by atoms with Crippen LogP contribution < -0.4 is 11.1 Å². The molecular formula is C13H12ClF3N2O2. The molecule has 0 fully saturated rings. The molecule has 0 saturated heterocycles. The lowest BCUT2D eigenvalue weighted by Crippen LogP contribution is -2.24. The van der Waals surface area contributed by atoms with E-state index in [-0.39, 0.29) is 12.2 Å². The molecule has 8 heteroatoms. The summed E-state index contributed by atoms with van der Waals surface area (Å²) in [4.78, 5) is 11.5. The van der Waals surface area contributed by atoms with Gasteiger partial charge in [-0.2, -0.15) is 13.2 Å². The van der Waals surface area contributed by atoms with E-state index in [0.717, 1.165) is 0 Å². The number of nitrogens with one attached hydrogen (secondary N) is 1. The van der Waals surface area contributed by atoms with E-state index in [1.54, 1.807) is 12.1 Å². The Kier molecular flexibility index (Phi) is 6.49. The molecule has 1 aromatic carbocycles. The molecule has 1 aromatic rings. The van der Waals surface area contributed by atoms with Gasteiger partial charge in [0.15, 0.2) is 0 Å². The third-order valence-electron chi connectivity index (χ3n) is 2.08. The third kappa shape index (κ3) is 6.99. The number of hydrogen-bond acceptors (Lipinski definition) is 3. The fourth-order valence-electron chi connectivity index (χ4n) is 1.32. The molecule has 0 saturated carbocycles. The molecule has 0 atom stereocenters. The number of hydrogen-bond donors (Lipinski definition) is 2. The number of carbonyl (C=O) groups is 1. The van der Waals surface area contributed by atoms with Crippen molar-refractivity contribution in [3.8, 4) is 11.8 Å². The van der Waals surface area contributed by atoms with Crippen LogP contribution in [-0.4, -0.2) is 31.8 Å². The molecule has 1 rings (SSSR count). The molecule has 114 valence electrons. The summed E-state index contributed by atoms with van der Waals surface area (Å²) in [5.41, 5.74) is 5.98. The number of benzene rings is 1. The molecule has 0 bridgehead atoms. The number of anilines is 1. The highest BCUT2D eigenvalue weighted by Gasteiger charge is 2.27. The van der Waals surface area contributed by atoms with Crippen LogP contribution in [0.25, 0.3) is 0 Å². The predicted octanol–water partition coefficient (Wildman–Crippen LogP) is 2.17. The fourth-order valence-corrected chi connectivity index (χ4v) is 1.49. The number of amides is 1. The monoisotopic (exact) mass is 320 g/mol. The van der Waals surface area contributed by atoms with Gasteiger partial charge in [-0.15, -0.1) is 0 Å². The molecule has 3 N–H and O–H groups in total. The zero-order valence-electron chi connectivity index (χ0n) is 10.8. The number of carbonyl (C=O) groups excluding carboxylic acids is 1. The van der Waals surface area contributed by atoms with E-state index >= 15 is 0 Å². The number of ether oxygens (including phenoxy) is 1. The van der Waals surface area contributed by atoms with E-state index in [2.05, 4.69) is 21.9 Å². The number of rotatable bonds is 4. The highest BCUT2D eigenvalue weighted by molar-refractivity contribution is 6.31. The molecule has 0 radical (unpaired) electrons. The van der Waals surface area contributed by atoms with E-state index in [9.17, 15) is 18.0 Å². The molecule has 0 aliphatic rings. The van der Waals surface area contributed by atoms with Crippen molar-refractivity contribution < 1.29 is 22.7 Å². The molecule has 21 heavy (non-hydrogen) atoms. The van der Waals surface area contributed by atoms with Crippen LogP contribution in [-0.2, 0) is 9.53 Å². The van der Waals surface area contributed by atoms with Gasteiger partial charge in [0, 0.05) is 10.6 Å². The first-order valence-corrected chi connectivity index (χ1v) is 6.12. The minimum Gasteiger partial charge on any atom is -0.362 e. The summed E-state index contributed by atoms with van der Waals surface area (Å²) in [5.74, 6) is 4.58. The van der Waals surface area contributed by atoms with Gasteiger partial charge in [-0.05, 0) is 18.2 Å². The lowest BCUT2D eigenvalue weighted by molar-refractivity contribution is -0.174. The number of halogens is 4. The molecule has 0 spiro atoms. The second kappa shape index (κ2) is 7.88. The number of nitrogens with two attached hydrogens (primary N) is 1. The minimum atomic E-state index is -4.48. The lowest BCUT2D eigenvalue weighted by Gasteiger charge is -2.10. The first-order valence-electron chi connectivity index (χ1n) is 5.74. The van der Waals surface area contributed by atoms with Gasteiger partial charge in [0.05, 0.1) is 12.2 Å². The summed E-state index contributed by atoms with van der Waals surface area (Å²) < 4.78 is 39.9. The molecular weight excluding hydrogens is 309 g/mol. The van der Waals surface area contributed by atoms with Crippen LogP contribution in [0.2, 0.25) is 5.02 Å². The van der Waals surface area contributed by atoms with Crippen LogP contribution in [0.1, 0.15) is 5.56 Å². The average Bonchev–Trinajstić information content (AvgIpc) is 2.36. The zero-order valence-corrected chi connectivity index (χ0v) is 11.5. The van der Waals surface area contributed by atoms with Crippen LogP contribution in [0.15, 0.2) is 18.2 Å². The third-order valence-corrected chi connectivity index (χ3v) is 2.31. The van der Waals surface area contributed by atoms with Crippen molar-refractivity contribution in [3.63, 3.8) is 0 Å². The second-order valence-electron chi connectivity index (χ2n) is 3.85. The van der Waals surface area contributed by atoms with E-state index in [0.29, 0.717) is 10.6 Å². The van der Waals surface area contributed by atoms with Crippen molar-refractivity contribution in [3.05, 3.63) is 28.8 Å². The van der Waals surface area contributed by atoms with E-state index in [1.165, 1.54) is 6.07 Å². The van der Waals surface area contributed by atoms with Gasteiger partial charge >= 0.3 is 6.18 Å². The van der Waals surface area contributed by atoms with E-state index < -0.39 is 25.3 Å². The fraction of sp³-hybridized carbons (Fsp3) is 0.308. The Balaban J connectivity index is 2.68. The maximum absolute atomic E-state index is 11.9. The smallest absolute Gasteiger partial charge is 0.362 e. The highest BCUT2D eigenvalue weighted by atomic mass is 35.5. The summed E-state index contributed by atoms with van der Waals surface area (Å²) >= 11 is 5.79. The predicted molar refractivity (Wildman–Crippen MR) is 72.9 cm³/mol. The average molecular weight is 321 g/mol. The van der Waals surface area contributed by atoms with E-state index in [1.807, 2.05) is 0 Å². The normalized spacial score (nSPS) is 10.7. The van der Waals surface area contributed by atoms with Crippen LogP contribution in [0.5, 0.6) is 0 Å². The Hall–Kier alpha value is -1.75. The summed E-state index contributed by atoms with van der Waals surface area (Å²) in [5, 5.41) is 2.73. The molecule has 0 heterocycles. The summed E-state index contributed by atoms with van der Waals surface area (Å²) in [6, 6.07) is 4.57. The van der Waals surface area contributed by atoms with E-state index in [4.69, 9.17) is 17.3 Å². The van der Waals surface area contributed by atoms with Gasteiger partial charge in [0.1, 0.15) is 13.2 Å². The molecule has 0 unspecified atom stereocenters. The Morgan fingerprint density at radius 1 is 1.43 bits per heavy atom. The Morgan fingerprint density at radius 2 is 2.14 bits per heavy atom. The Bertz CT molecular complexity index is 565. The van der Waals surface area contributed by atoms with Crippen molar-refractivity contribution in [2.75, 3.05) is 25.1 Å². The van der Waals surface area contributed by atoms with Gasteiger partial charge < -0.3 is 15.8 Å². The van der Waals surface area contributed by atoms with Gasteiger partial charge in [0.2, 0.25) is 5.91 Å². The summed E-state index contributed by atoms with van der Waals surface area (Å²) in [7, 11) is 0.